The van der Waals surface area contributed by atoms with Gasteiger partial charge in [0.25, 0.3) is 0 Å². The summed E-state index contributed by atoms with van der Waals surface area (Å²) in [4.78, 5) is 11.4. The number of esters is 1. The summed E-state index contributed by atoms with van der Waals surface area (Å²) < 4.78 is 36.1. The summed E-state index contributed by atoms with van der Waals surface area (Å²) in [7, 11) is -2.45. The lowest BCUT2D eigenvalue weighted by atomic mass is 10.2. The van der Waals surface area contributed by atoms with Crippen LogP contribution in [0.15, 0.2) is 29.2 Å². The molecule has 8 heteroatoms. The monoisotopic (exact) mass is 317 g/mol. The van der Waals surface area contributed by atoms with E-state index in [1.807, 2.05) is 0 Å². The Bertz CT molecular complexity index is 558. The van der Waals surface area contributed by atoms with Gasteiger partial charge in [-0.15, -0.1) is 0 Å². The van der Waals surface area contributed by atoms with E-state index in [-0.39, 0.29) is 30.2 Å². The van der Waals surface area contributed by atoms with Gasteiger partial charge in [-0.2, -0.15) is 0 Å². The van der Waals surface area contributed by atoms with Crippen molar-refractivity contribution in [3.8, 4) is 0 Å². The summed E-state index contributed by atoms with van der Waals surface area (Å²) in [5.41, 5.74) is 0.173. The first-order valence-corrected chi connectivity index (χ1v) is 7.86. The number of hydrogen-bond acceptors (Lipinski definition) is 6. The van der Waals surface area contributed by atoms with Crippen molar-refractivity contribution in [3.63, 3.8) is 0 Å². The van der Waals surface area contributed by atoms with Crippen molar-refractivity contribution in [1.29, 1.82) is 0 Å². The second-order valence-electron chi connectivity index (χ2n) is 4.11. The third-order valence-corrected chi connectivity index (χ3v) is 4.02. The van der Waals surface area contributed by atoms with Crippen molar-refractivity contribution < 1.29 is 27.8 Å². The highest BCUT2D eigenvalue weighted by atomic mass is 32.2. The van der Waals surface area contributed by atoms with Crippen LogP contribution in [0, 0.1) is 0 Å². The maximum absolute atomic E-state index is 12.0. The van der Waals surface area contributed by atoms with Crippen molar-refractivity contribution in [1.82, 2.24) is 4.72 Å². The molecular weight excluding hydrogens is 298 g/mol. The zero-order valence-corrected chi connectivity index (χ0v) is 12.6. The molecule has 0 aromatic heterocycles. The number of hydrogen-bond donors (Lipinski definition) is 2. The second kappa shape index (κ2) is 8.73. The molecule has 7 nitrogen and oxygen atoms in total. The van der Waals surface area contributed by atoms with Crippen molar-refractivity contribution >= 4 is 16.0 Å². The van der Waals surface area contributed by atoms with Crippen LogP contribution in [0.3, 0.4) is 0 Å². The minimum atomic E-state index is -3.68. The predicted molar refractivity (Wildman–Crippen MR) is 75.5 cm³/mol. The minimum absolute atomic E-state index is 0.00155. The fraction of sp³-hybridized carbons (Fsp3) is 0.462. The number of sulfonamides is 1. The first-order chi connectivity index (χ1) is 10.0. The Kier molecular flexibility index (Phi) is 7.30. The van der Waals surface area contributed by atoms with Crippen molar-refractivity contribution in [2.45, 2.75) is 11.3 Å². The van der Waals surface area contributed by atoms with Gasteiger partial charge in [-0.25, -0.2) is 17.9 Å². The molecule has 0 amide bonds. The number of benzene rings is 1. The van der Waals surface area contributed by atoms with Crippen LogP contribution < -0.4 is 4.72 Å². The molecule has 0 atom stereocenters. The van der Waals surface area contributed by atoms with Crippen LogP contribution in [0.2, 0.25) is 0 Å². The van der Waals surface area contributed by atoms with E-state index in [1.54, 1.807) is 0 Å². The molecule has 0 radical (unpaired) electrons. The highest BCUT2D eigenvalue weighted by molar-refractivity contribution is 7.89. The smallest absolute Gasteiger partial charge is 0.337 e. The van der Waals surface area contributed by atoms with Gasteiger partial charge in [0.1, 0.15) is 0 Å². The van der Waals surface area contributed by atoms with Gasteiger partial charge in [0.15, 0.2) is 0 Å². The fourth-order valence-corrected chi connectivity index (χ4v) is 2.66. The van der Waals surface area contributed by atoms with Gasteiger partial charge in [0, 0.05) is 13.2 Å². The van der Waals surface area contributed by atoms with E-state index in [0.29, 0.717) is 13.0 Å². The van der Waals surface area contributed by atoms with Gasteiger partial charge in [-0.3, -0.25) is 0 Å². The van der Waals surface area contributed by atoms with E-state index in [2.05, 4.69) is 9.46 Å². The second-order valence-corrected chi connectivity index (χ2v) is 5.87. The molecule has 0 saturated carbocycles. The van der Waals surface area contributed by atoms with E-state index in [9.17, 15) is 13.2 Å². The zero-order chi connectivity index (χ0) is 15.7. The quantitative estimate of drug-likeness (QED) is 0.496. The first-order valence-electron chi connectivity index (χ1n) is 6.38. The van der Waals surface area contributed by atoms with Gasteiger partial charge in [0.05, 0.1) is 30.8 Å². The Morgan fingerprint density at radius 1 is 1.33 bits per heavy atom. The molecule has 2 N–H and O–H groups in total. The molecule has 0 heterocycles. The Labute approximate surface area is 123 Å². The van der Waals surface area contributed by atoms with Crippen LogP contribution >= 0.6 is 0 Å². The molecule has 0 unspecified atom stereocenters. The van der Waals surface area contributed by atoms with Crippen LogP contribution in [0.25, 0.3) is 0 Å². The van der Waals surface area contributed by atoms with Gasteiger partial charge >= 0.3 is 5.97 Å². The van der Waals surface area contributed by atoms with Gasteiger partial charge in [-0.1, -0.05) is 6.07 Å². The average molecular weight is 317 g/mol. The van der Waals surface area contributed by atoms with E-state index < -0.39 is 16.0 Å². The molecule has 0 aliphatic carbocycles. The Morgan fingerprint density at radius 2 is 2.10 bits per heavy atom. The molecule has 1 rings (SSSR count). The normalized spacial score (nSPS) is 11.3. The third kappa shape index (κ3) is 5.80. The lowest BCUT2D eigenvalue weighted by Crippen LogP contribution is -2.26. The van der Waals surface area contributed by atoms with E-state index in [4.69, 9.17) is 9.84 Å². The number of ether oxygens (including phenoxy) is 2. The number of carbonyl (C=O) groups excluding carboxylic acids is 1. The molecule has 1 aromatic carbocycles. The van der Waals surface area contributed by atoms with E-state index in [0.717, 1.165) is 0 Å². The maximum atomic E-state index is 12.0. The van der Waals surface area contributed by atoms with Crippen LogP contribution in [0.5, 0.6) is 0 Å². The molecule has 1 aromatic rings. The predicted octanol–water partition coefficient (Wildman–Crippen LogP) is 0.150. The number of carbonyl (C=O) groups is 1. The van der Waals surface area contributed by atoms with Crippen LogP contribution in [-0.2, 0) is 19.5 Å². The zero-order valence-electron chi connectivity index (χ0n) is 11.7. The van der Waals surface area contributed by atoms with Crippen molar-refractivity contribution in [2.24, 2.45) is 0 Å². The Morgan fingerprint density at radius 3 is 2.76 bits per heavy atom. The van der Waals surface area contributed by atoms with Gasteiger partial charge in [0.2, 0.25) is 10.0 Å². The SMILES string of the molecule is COC(=O)c1cccc(S(=O)(=O)NCCCOCCO)c1. The average Bonchev–Trinajstić information content (AvgIpc) is 2.50. The highest BCUT2D eigenvalue weighted by Gasteiger charge is 2.15. The lowest BCUT2D eigenvalue weighted by Gasteiger charge is -2.08. The largest absolute Gasteiger partial charge is 0.465 e. The summed E-state index contributed by atoms with van der Waals surface area (Å²) in [6, 6.07) is 5.62. The molecule has 118 valence electrons. The summed E-state index contributed by atoms with van der Waals surface area (Å²) >= 11 is 0. The summed E-state index contributed by atoms with van der Waals surface area (Å²) in [5, 5.41) is 8.52. The van der Waals surface area contributed by atoms with Crippen molar-refractivity contribution in [3.05, 3.63) is 29.8 Å². The molecule has 0 aliphatic heterocycles. The Hall–Kier alpha value is -1.48. The number of nitrogens with one attached hydrogen (secondary N) is 1. The number of rotatable bonds is 9. The minimum Gasteiger partial charge on any atom is -0.465 e. The van der Waals surface area contributed by atoms with Crippen LogP contribution in [0.4, 0.5) is 0 Å². The Balaban J connectivity index is 2.60. The lowest BCUT2D eigenvalue weighted by molar-refractivity contribution is 0.0600. The van der Waals surface area contributed by atoms with Crippen LogP contribution in [-0.4, -0.2) is 53.0 Å². The fourth-order valence-electron chi connectivity index (χ4n) is 1.54. The molecule has 0 saturated heterocycles. The van der Waals surface area contributed by atoms with E-state index >= 15 is 0 Å². The molecule has 0 spiro atoms. The highest BCUT2D eigenvalue weighted by Crippen LogP contribution is 2.12. The van der Waals surface area contributed by atoms with Gasteiger partial charge in [-0.05, 0) is 24.6 Å². The number of aliphatic hydroxyl groups is 1. The van der Waals surface area contributed by atoms with Gasteiger partial charge < -0.3 is 14.6 Å². The number of aliphatic hydroxyl groups excluding tert-OH is 1. The molecule has 0 aliphatic rings. The summed E-state index contributed by atoms with van der Waals surface area (Å²) in [5.74, 6) is -0.593. The summed E-state index contributed by atoms with van der Waals surface area (Å²) in [6.45, 7) is 0.724. The summed E-state index contributed by atoms with van der Waals surface area (Å²) in [6.07, 6.45) is 0.482. The molecular formula is C13H19NO6S. The maximum Gasteiger partial charge on any atom is 0.337 e. The molecule has 0 bridgehead atoms. The number of methoxy groups -OCH3 is 1. The first kappa shape index (κ1) is 17.6. The van der Waals surface area contributed by atoms with Crippen LogP contribution in [0.1, 0.15) is 16.8 Å². The van der Waals surface area contributed by atoms with Crippen molar-refractivity contribution in [2.75, 3.05) is 33.5 Å². The molecule has 0 fully saturated rings. The topological polar surface area (TPSA) is 102 Å². The van der Waals surface area contributed by atoms with E-state index in [1.165, 1.54) is 31.4 Å². The third-order valence-electron chi connectivity index (χ3n) is 2.56. The standard InChI is InChI=1S/C13H19NO6S/c1-19-13(16)11-4-2-5-12(10-11)21(17,18)14-6-3-8-20-9-7-15/h2,4-5,10,14-15H,3,6-9H2,1H3. The molecule has 21 heavy (non-hydrogen) atoms.